The number of hydrogen-bond acceptors (Lipinski definition) is 0. The fraction of sp³-hybridized carbons (Fsp3) is 0. The van der Waals surface area contributed by atoms with Crippen molar-refractivity contribution in [3.05, 3.63) is 91.1 Å². The van der Waals surface area contributed by atoms with Gasteiger partial charge in [0.1, 0.15) is 0 Å². The highest BCUT2D eigenvalue weighted by molar-refractivity contribution is 6.16. The summed E-state index contributed by atoms with van der Waals surface area (Å²) in [6, 6.07) is 30.2. The normalized spacial score (nSPS) is 11.8. The molecule has 0 unspecified atom stereocenters. The van der Waals surface area contributed by atoms with Crippen molar-refractivity contribution in [2.45, 2.75) is 0 Å². The maximum absolute atomic E-state index is 3.61. The molecule has 26 heavy (non-hydrogen) atoms. The van der Waals surface area contributed by atoms with Gasteiger partial charge in [-0.15, -0.1) is 0 Å². The van der Waals surface area contributed by atoms with E-state index >= 15 is 0 Å². The first-order valence-corrected chi connectivity index (χ1v) is 8.89. The summed E-state index contributed by atoms with van der Waals surface area (Å²) in [5.41, 5.74) is 4.84. The van der Waals surface area contributed by atoms with E-state index < -0.39 is 0 Å². The van der Waals surface area contributed by atoms with Gasteiger partial charge < -0.3 is 9.55 Å². The predicted molar refractivity (Wildman–Crippen MR) is 110 cm³/mol. The number of nitrogens with one attached hydrogen (secondary N) is 1. The van der Waals surface area contributed by atoms with Crippen molar-refractivity contribution in [2.75, 3.05) is 0 Å². The molecule has 1 N–H and O–H groups in total. The highest BCUT2D eigenvalue weighted by atomic mass is 15.0. The van der Waals surface area contributed by atoms with Crippen LogP contribution in [0, 0.1) is 0 Å². The van der Waals surface area contributed by atoms with Gasteiger partial charge in [0.05, 0.1) is 16.7 Å². The van der Waals surface area contributed by atoms with Crippen molar-refractivity contribution in [3.63, 3.8) is 0 Å². The van der Waals surface area contributed by atoms with E-state index in [4.69, 9.17) is 0 Å². The molecule has 0 aliphatic carbocycles. The molecule has 0 amide bonds. The molecule has 2 heteroatoms. The fourth-order valence-electron chi connectivity index (χ4n) is 4.17. The van der Waals surface area contributed by atoms with Gasteiger partial charge in [-0.1, -0.05) is 60.7 Å². The summed E-state index contributed by atoms with van der Waals surface area (Å²) in [5, 5.41) is 6.35. The van der Waals surface area contributed by atoms with Gasteiger partial charge in [0.2, 0.25) is 0 Å². The Labute approximate surface area is 150 Å². The fourth-order valence-corrected chi connectivity index (χ4v) is 4.17. The van der Waals surface area contributed by atoms with Crippen LogP contribution in [0.15, 0.2) is 91.1 Å². The number of aromatic amines is 1. The number of fused-ring (bicyclic) bond motifs is 6. The summed E-state index contributed by atoms with van der Waals surface area (Å²) in [4.78, 5) is 3.61. The van der Waals surface area contributed by atoms with Crippen LogP contribution in [0.5, 0.6) is 0 Å². The van der Waals surface area contributed by atoms with E-state index in [0.29, 0.717) is 0 Å². The van der Waals surface area contributed by atoms with Crippen molar-refractivity contribution < 1.29 is 0 Å². The second kappa shape index (κ2) is 4.99. The molecule has 0 aliphatic heterocycles. The van der Waals surface area contributed by atoms with Crippen LogP contribution >= 0.6 is 0 Å². The summed E-state index contributed by atoms with van der Waals surface area (Å²) >= 11 is 0. The zero-order valence-corrected chi connectivity index (χ0v) is 14.1. The van der Waals surface area contributed by atoms with E-state index in [1.807, 2.05) is 0 Å². The number of H-pyrrole nitrogens is 1. The van der Waals surface area contributed by atoms with Crippen molar-refractivity contribution >= 4 is 43.5 Å². The molecular weight excluding hydrogens is 316 g/mol. The van der Waals surface area contributed by atoms with Gasteiger partial charge in [0.25, 0.3) is 0 Å². The third-order valence-corrected chi connectivity index (χ3v) is 5.38. The Morgan fingerprint density at radius 3 is 2.35 bits per heavy atom. The quantitative estimate of drug-likeness (QED) is 0.359. The van der Waals surface area contributed by atoms with Gasteiger partial charge in [0.15, 0.2) is 0 Å². The van der Waals surface area contributed by atoms with Crippen molar-refractivity contribution in [1.82, 2.24) is 9.55 Å². The number of hydrogen-bond donors (Lipinski definition) is 1. The molecule has 0 spiro atoms. The largest absolute Gasteiger partial charge is 0.354 e. The van der Waals surface area contributed by atoms with Crippen LogP contribution in [0.2, 0.25) is 0 Å². The minimum absolute atomic E-state index is 1.19. The minimum Gasteiger partial charge on any atom is -0.354 e. The Morgan fingerprint density at radius 2 is 1.38 bits per heavy atom. The Hall–Kier alpha value is -3.52. The first-order valence-electron chi connectivity index (χ1n) is 8.89. The lowest BCUT2D eigenvalue weighted by atomic mass is 10.1. The van der Waals surface area contributed by atoms with E-state index in [-0.39, 0.29) is 0 Å². The first kappa shape index (κ1) is 13.7. The highest BCUT2D eigenvalue weighted by Gasteiger charge is 2.12. The summed E-state index contributed by atoms with van der Waals surface area (Å²) in [5.74, 6) is 0. The first-order chi connectivity index (χ1) is 12.9. The lowest BCUT2D eigenvalue weighted by Gasteiger charge is -2.09. The molecule has 4 aromatic carbocycles. The standard InChI is InChI=1S/C24H16N2/c1-2-8-17-16(6-1)7-5-11-22(17)26-15-14-20-23(26)13-12-19-18-9-3-4-10-21(18)25-24(19)20/h1-15,25H. The molecule has 0 bridgehead atoms. The van der Waals surface area contributed by atoms with Gasteiger partial charge in [-0.25, -0.2) is 0 Å². The van der Waals surface area contributed by atoms with E-state index in [2.05, 4.69) is 101 Å². The Morgan fingerprint density at radius 1 is 0.577 bits per heavy atom. The van der Waals surface area contributed by atoms with Crippen LogP contribution in [-0.4, -0.2) is 9.55 Å². The maximum Gasteiger partial charge on any atom is 0.0560 e. The second-order valence-electron chi connectivity index (χ2n) is 6.78. The van der Waals surface area contributed by atoms with E-state index in [9.17, 15) is 0 Å². The Balaban J connectivity index is 1.71. The average molecular weight is 332 g/mol. The van der Waals surface area contributed by atoms with Gasteiger partial charge >= 0.3 is 0 Å². The van der Waals surface area contributed by atoms with Crippen LogP contribution in [0.4, 0.5) is 0 Å². The molecule has 0 fully saturated rings. The van der Waals surface area contributed by atoms with Gasteiger partial charge in [-0.3, -0.25) is 0 Å². The average Bonchev–Trinajstić information content (AvgIpc) is 3.29. The van der Waals surface area contributed by atoms with Crippen LogP contribution < -0.4 is 0 Å². The summed E-state index contributed by atoms with van der Waals surface area (Å²) in [7, 11) is 0. The molecule has 0 atom stereocenters. The molecule has 2 aromatic heterocycles. The lowest BCUT2D eigenvalue weighted by Crippen LogP contribution is -1.93. The molecule has 6 rings (SSSR count). The molecule has 122 valence electrons. The Bertz CT molecular complexity index is 1430. The molecule has 0 saturated heterocycles. The molecule has 0 saturated carbocycles. The third kappa shape index (κ3) is 1.76. The van der Waals surface area contributed by atoms with Gasteiger partial charge in [-0.2, -0.15) is 0 Å². The number of nitrogens with zero attached hydrogens (tertiary/aromatic N) is 1. The molecule has 0 aliphatic rings. The summed E-state index contributed by atoms with van der Waals surface area (Å²) in [6.45, 7) is 0. The van der Waals surface area contributed by atoms with Crippen molar-refractivity contribution in [2.24, 2.45) is 0 Å². The predicted octanol–water partition coefficient (Wildman–Crippen LogP) is 6.42. The number of rotatable bonds is 1. The van der Waals surface area contributed by atoms with Crippen LogP contribution in [0.25, 0.3) is 49.2 Å². The number of aromatic nitrogens is 2. The maximum atomic E-state index is 3.61. The zero-order chi connectivity index (χ0) is 17.1. The van der Waals surface area contributed by atoms with Crippen LogP contribution in [0.3, 0.4) is 0 Å². The SMILES string of the molecule is c1ccc2c(-n3ccc4c5[nH]c6ccccc6c5ccc43)cccc2c1. The summed E-state index contributed by atoms with van der Waals surface area (Å²) in [6.07, 6.45) is 2.18. The van der Waals surface area contributed by atoms with Crippen molar-refractivity contribution in [1.29, 1.82) is 0 Å². The number of benzene rings is 4. The third-order valence-electron chi connectivity index (χ3n) is 5.38. The molecule has 6 aromatic rings. The van der Waals surface area contributed by atoms with E-state index in [1.54, 1.807) is 0 Å². The zero-order valence-electron chi connectivity index (χ0n) is 14.1. The van der Waals surface area contributed by atoms with Gasteiger partial charge in [0, 0.05) is 33.3 Å². The highest BCUT2D eigenvalue weighted by Crippen LogP contribution is 2.34. The van der Waals surface area contributed by atoms with E-state index in [1.165, 1.54) is 49.2 Å². The summed E-state index contributed by atoms with van der Waals surface area (Å²) < 4.78 is 2.29. The molecule has 0 radical (unpaired) electrons. The second-order valence-corrected chi connectivity index (χ2v) is 6.78. The topological polar surface area (TPSA) is 20.7 Å². The minimum atomic E-state index is 1.19. The molecule has 2 heterocycles. The van der Waals surface area contributed by atoms with Crippen LogP contribution in [-0.2, 0) is 0 Å². The van der Waals surface area contributed by atoms with E-state index in [0.717, 1.165) is 0 Å². The monoisotopic (exact) mass is 332 g/mol. The van der Waals surface area contributed by atoms with Crippen LogP contribution in [0.1, 0.15) is 0 Å². The van der Waals surface area contributed by atoms with Crippen molar-refractivity contribution in [3.8, 4) is 5.69 Å². The molecular formula is C24H16N2. The van der Waals surface area contributed by atoms with Gasteiger partial charge in [-0.05, 0) is 29.7 Å². The molecule has 2 nitrogen and oxygen atoms in total. The smallest absolute Gasteiger partial charge is 0.0560 e. The number of para-hydroxylation sites is 1. The Kier molecular flexibility index (Phi) is 2.64. The lowest BCUT2D eigenvalue weighted by molar-refractivity contribution is 1.14.